The van der Waals surface area contributed by atoms with Crippen LogP contribution in [0.25, 0.3) is 0 Å². The van der Waals surface area contributed by atoms with Gasteiger partial charge < -0.3 is 5.11 Å². The highest BCUT2D eigenvalue weighted by Gasteiger charge is 2.33. The maximum atomic E-state index is 12.2. The first-order valence-corrected chi connectivity index (χ1v) is 7.89. The van der Waals surface area contributed by atoms with Gasteiger partial charge in [-0.2, -0.15) is 0 Å². The number of nitrogens with one attached hydrogen (secondary N) is 1. The van der Waals surface area contributed by atoms with Crippen LogP contribution < -0.4 is 5.32 Å². The number of carboxylic acid groups (broad SMARTS) is 1. The molecule has 1 heterocycles. The van der Waals surface area contributed by atoms with E-state index >= 15 is 0 Å². The number of aryl methyl sites for hydroxylation is 1. The van der Waals surface area contributed by atoms with E-state index in [9.17, 15) is 14.4 Å². The van der Waals surface area contributed by atoms with Crippen LogP contribution in [0.5, 0.6) is 0 Å². The third-order valence-corrected chi connectivity index (χ3v) is 4.73. The van der Waals surface area contributed by atoms with E-state index in [1.165, 1.54) is 0 Å². The number of thiazole rings is 1. The molecule has 0 spiro atoms. The average molecular weight is 330 g/mol. The summed E-state index contributed by atoms with van der Waals surface area (Å²) >= 11 is 1.10. The molecule has 1 aromatic heterocycles. The van der Waals surface area contributed by atoms with Gasteiger partial charge in [-0.1, -0.05) is 29.0 Å². The molecule has 0 aliphatic heterocycles. The predicted octanol–water partition coefficient (Wildman–Crippen LogP) is 2.53. The van der Waals surface area contributed by atoms with Crippen LogP contribution in [0, 0.1) is 12.8 Å². The number of hydrogen-bond donors (Lipinski definition) is 2. The highest BCUT2D eigenvalue weighted by molar-refractivity contribution is 7.17. The van der Waals surface area contributed by atoms with Crippen molar-refractivity contribution >= 4 is 34.1 Å². The minimum atomic E-state index is -0.998. The van der Waals surface area contributed by atoms with Gasteiger partial charge in [0.15, 0.2) is 10.9 Å². The van der Waals surface area contributed by atoms with Crippen LogP contribution in [0.2, 0.25) is 0 Å². The molecule has 0 saturated carbocycles. The molecular formula is C16H14N2O4S. The van der Waals surface area contributed by atoms with Crippen molar-refractivity contribution in [2.24, 2.45) is 5.92 Å². The first kappa shape index (κ1) is 15.4. The molecule has 7 heteroatoms. The van der Waals surface area contributed by atoms with Crippen molar-refractivity contribution in [3.8, 4) is 0 Å². The van der Waals surface area contributed by atoms with Gasteiger partial charge in [-0.25, -0.2) is 4.98 Å². The number of carbonyl (C=O) groups excluding carboxylic acids is 2. The molecule has 1 aliphatic rings. The van der Waals surface area contributed by atoms with Crippen LogP contribution in [0.3, 0.4) is 0 Å². The molecule has 6 nitrogen and oxygen atoms in total. The highest BCUT2D eigenvalue weighted by atomic mass is 32.1. The number of carboxylic acids is 1. The highest BCUT2D eigenvalue weighted by Crippen LogP contribution is 2.32. The van der Waals surface area contributed by atoms with Gasteiger partial charge in [-0.05, 0) is 19.1 Å². The molecule has 2 aromatic rings. The van der Waals surface area contributed by atoms with Crippen molar-refractivity contribution in [1.82, 2.24) is 4.98 Å². The number of hydrogen-bond acceptors (Lipinski definition) is 5. The zero-order valence-electron chi connectivity index (χ0n) is 12.3. The van der Waals surface area contributed by atoms with Crippen molar-refractivity contribution < 1.29 is 19.5 Å². The molecule has 0 radical (unpaired) electrons. The summed E-state index contributed by atoms with van der Waals surface area (Å²) in [5.41, 5.74) is 1.93. The van der Waals surface area contributed by atoms with Crippen LogP contribution in [0.4, 0.5) is 5.13 Å². The number of nitrogens with zero attached hydrogens (tertiary/aromatic N) is 1. The summed E-state index contributed by atoms with van der Waals surface area (Å²) in [6.45, 7) is 1.89. The number of Topliss-reactive ketones (excluding diaryl/α,β-unsaturated/α-hetero) is 1. The zero-order valence-corrected chi connectivity index (χ0v) is 13.1. The lowest BCUT2D eigenvalue weighted by atomic mass is 9.90. The Labute approximate surface area is 136 Å². The fourth-order valence-corrected chi connectivity index (χ4v) is 3.45. The van der Waals surface area contributed by atoms with Crippen molar-refractivity contribution in [3.05, 3.63) is 46.0 Å². The molecule has 0 saturated heterocycles. The predicted molar refractivity (Wildman–Crippen MR) is 85.0 cm³/mol. The van der Waals surface area contributed by atoms with Crippen molar-refractivity contribution in [1.29, 1.82) is 0 Å². The third kappa shape index (κ3) is 3.14. The Kier molecular flexibility index (Phi) is 3.96. The maximum absolute atomic E-state index is 12.2. The molecule has 23 heavy (non-hydrogen) atoms. The maximum Gasteiger partial charge on any atom is 0.307 e. The molecule has 118 valence electrons. The van der Waals surface area contributed by atoms with Crippen molar-refractivity contribution in [3.63, 3.8) is 0 Å². The first-order chi connectivity index (χ1) is 10.9. The van der Waals surface area contributed by atoms with Gasteiger partial charge in [-0.3, -0.25) is 19.7 Å². The van der Waals surface area contributed by atoms with E-state index in [1.807, 2.05) is 13.0 Å². The van der Waals surface area contributed by atoms with Gasteiger partial charge in [-0.15, -0.1) is 0 Å². The molecule has 1 amide bonds. The van der Waals surface area contributed by atoms with Crippen LogP contribution in [-0.2, 0) is 11.2 Å². The summed E-state index contributed by atoms with van der Waals surface area (Å²) < 4.78 is 0. The Morgan fingerprint density at radius 1 is 1.35 bits per heavy atom. The number of anilines is 1. The van der Waals surface area contributed by atoms with E-state index in [4.69, 9.17) is 5.11 Å². The second-order valence-corrected chi connectivity index (χ2v) is 6.48. The van der Waals surface area contributed by atoms with E-state index in [-0.39, 0.29) is 24.5 Å². The normalized spacial score (nSPS) is 16.7. The van der Waals surface area contributed by atoms with E-state index in [0.29, 0.717) is 21.3 Å². The molecule has 1 aromatic carbocycles. The van der Waals surface area contributed by atoms with Gasteiger partial charge in [0.2, 0.25) is 0 Å². The quantitative estimate of drug-likeness (QED) is 0.901. The largest absolute Gasteiger partial charge is 0.481 e. The first-order valence-electron chi connectivity index (χ1n) is 7.08. The summed E-state index contributed by atoms with van der Waals surface area (Å²) in [6, 6.07) is 7.14. The summed E-state index contributed by atoms with van der Waals surface area (Å²) in [7, 11) is 0. The Morgan fingerprint density at radius 3 is 2.83 bits per heavy atom. The molecule has 0 unspecified atom stereocenters. The van der Waals surface area contributed by atoms with Gasteiger partial charge in [0.05, 0.1) is 16.5 Å². The van der Waals surface area contributed by atoms with Crippen LogP contribution >= 0.6 is 11.3 Å². The number of benzene rings is 1. The van der Waals surface area contributed by atoms with Gasteiger partial charge in [0.1, 0.15) is 0 Å². The lowest BCUT2D eigenvalue weighted by molar-refractivity contribution is -0.141. The lowest BCUT2D eigenvalue weighted by Gasteiger charge is -2.15. The minimum Gasteiger partial charge on any atom is -0.481 e. The van der Waals surface area contributed by atoms with Gasteiger partial charge >= 0.3 is 5.97 Å². The zero-order chi connectivity index (χ0) is 16.6. The third-order valence-electron chi connectivity index (χ3n) is 3.67. The molecule has 0 fully saturated rings. The molecule has 3 rings (SSSR count). The summed E-state index contributed by atoms with van der Waals surface area (Å²) in [5, 5.41) is 12.1. The number of ketones is 1. The van der Waals surface area contributed by atoms with Crippen molar-refractivity contribution in [2.45, 2.75) is 19.8 Å². The Morgan fingerprint density at radius 2 is 2.13 bits per heavy atom. The monoisotopic (exact) mass is 330 g/mol. The fraction of sp³-hybridized carbons (Fsp3) is 0.250. The van der Waals surface area contributed by atoms with E-state index < -0.39 is 11.9 Å². The lowest BCUT2D eigenvalue weighted by Crippen LogP contribution is -2.25. The summed E-state index contributed by atoms with van der Waals surface area (Å²) in [6.07, 6.45) is 0.197. The smallest absolute Gasteiger partial charge is 0.307 e. The SMILES string of the molecule is Cc1cccc(C(=O)Nc2nc3c(s2)C(=O)C[C@@H](C(=O)O)C3)c1. The van der Waals surface area contributed by atoms with E-state index in [1.54, 1.807) is 18.2 Å². The summed E-state index contributed by atoms with van der Waals surface area (Å²) in [4.78, 5) is 40.0. The summed E-state index contributed by atoms with van der Waals surface area (Å²) in [5.74, 6) is -2.27. The van der Waals surface area contributed by atoms with E-state index in [2.05, 4.69) is 10.3 Å². The van der Waals surface area contributed by atoms with Gasteiger partial charge in [0, 0.05) is 18.4 Å². The van der Waals surface area contributed by atoms with Crippen LogP contribution in [-0.4, -0.2) is 27.8 Å². The second kappa shape index (κ2) is 5.92. The number of aliphatic carboxylic acids is 1. The Balaban J connectivity index is 1.81. The Hall–Kier alpha value is -2.54. The number of aromatic nitrogens is 1. The fourth-order valence-electron chi connectivity index (χ4n) is 2.51. The molecular weight excluding hydrogens is 316 g/mol. The molecule has 1 atom stereocenters. The average Bonchev–Trinajstić information content (AvgIpc) is 2.90. The molecule has 2 N–H and O–H groups in total. The molecule has 1 aliphatic carbocycles. The standard InChI is InChI=1S/C16H14N2O4S/c1-8-3-2-4-9(5-8)14(20)18-16-17-11-6-10(15(21)22)7-12(19)13(11)23-16/h2-5,10H,6-7H2,1H3,(H,21,22)(H,17,18,20)/t10-/m0/s1. The number of carbonyl (C=O) groups is 3. The number of amides is 1. The van der Waals surface area contributed by atoms with Crippen LogP contribution in [0.1, 0.15) is 37.7 Å². The minimum absolute atomic E-state index is 0.0181. The second-order valence-electron chi connectivity index (χ2n) is 5.49. The van der Waals surface area contributed by atoms with Crippen molar-refractivity contribution in [2.75, 3.05) is 5.32 Å². The Bertz CT molecular complexity index is 812. The number of rotatable bonds is 3. The topological polar surface area (TPSA) is 96.4 Å². The van der Waals surface area contributed by atoms with Gasteiger partial charge in [0.25, 0.3) is 5.91 Å². The van der Waals surface area contributed by atoms with E-state index in [0.717, 1.165) is 16.9 Å². The number of fused-ring (bicyclic) bond motifs is 1. The molecule has 0 bridgehead atoms. The van der Waals surface area contributed by atoms with Crippen LogP contribution in [0.15, 0.2) is 24.3 Å².